The van der Waals surface area contributed by atoms with Gasteiger partial charge >= 0.3 is 12.1 Å². The molecular formula is C24H22N2O6S2. The van der Waals surface area contributed by atoms with Gasteiger partial charge in [-0.1, -0.05) is 54.6 Å². The Hall–Kier alpha value is -3.21. The second-order valence-corrected chi connectivity index (χ2v) is 11.2. The van der Waals surface area contributed by atoms with Gasteiger partial charge in [-0.3, -0.25) is 4.79 Å². The number of hydrogen-bond acceptors (Lipinski definition) is 6. The maximum absolute atomic E-state index is 12.9. The number of benzene rings is 2. The molecular weight excluding hydrogens is 476 g/mol. The van der Waals surface area contributed by atoms with Crippen LogP contribution < -0.4 is 0 Å². The molecule has 1 saturated heterocycles. The van der Waals surface area contributed by atoms with Crippen LogP contribution in [0.25, 0.3) is 11.1 Å². The number of nitrogens with zero attached hydrogens (tertiary/aromatic N) is 2. The van der Waals surface area contributed by atoms with Gasteiger partial charge in [-0.15, -0.1) is 11.3 Å². The number of rotatable bonds is 5. The molecule has 3 aromatic rings. The van der Waals surface area contributed by atoms with Crippen LogP contribution in [0.15, 0.2) is 70.3 Å². The van der Waals surface area contributed by atoms with Crippen molar-refractivity contribution in [3.8, 4) is 11.1 Å². The zero-order chi connectivity index (χ0) is 23.9. The van der Waals surface area contributed by atoms with E-state index in [2.05, 4.69) is 0 Å². The number of carboxylic acids is 1. The summed E-state index contributed by atoms with van der Waals surface area (Å²) in [6.07, 6.45) is -0.652. The van der Waals surface area contributed by atoms with Crippen LogP contribution in [0, 0.1) is 0 Å². The maximum atomic E-state index is 12.9. The first-order valence-electron chi connectivity index (χ1n) is 10.8. The molecule has 5 rings (SSSR count). The molecule has 2 heterocycles. The van der Waals surface area contributed by atoms with Crippen LogP contribution in [0.3, 0.4) is 0 Å². The van der Waals surface area contributed by atoms with E-state index >= 15 is 0 Å². The summed E-state index contributed by atoms with van der Waals surface area (Å²) in [5.74, 6) is -1.43. The minimum absolute atomic E-state index is 0.0467. The molecule has 34 heavy (non-hydrogen) atoms. The number of amides is 1. The zero-order valence-electron chi connectivity index (χ0n) is 18.0. The third-order valence-corrected chi connectivity index (χ3v) is 9.55. The van der Waals surface area contributed by atoms with Gasteiger partial charge in [0, 0.05) is 19.0 Å². The lowest BCUT2D eigenvalue weighted by Gasteiger charge is -2.37. The normalized spacial score (nSPS) is 18.4. The van der Waals surface area contributed by atoms with Gasteiger partial charge in [0.05, 0.1) is 6.54 Å². The van der Waals surface area contributed by atoms with Gasteiger partial charge in [-0.25, -0.2) is 13.2 Å². The summed E-state index contributed by atoms with van der Waals surface area (Å²) in [4.78, 5) is 26.1. The monoisotopic (exact) mass is 498 g/mol. The molecule has 0 radical (unpaired) electrons. The summed E-state index contributed by atoms with van der Waals surface area (Å²) in [6, 6.07) is 17.6. The first-order valence-corrected chi connectivity index (χ1v) is 13.1. The van der Waals surface area contributed by atoms with E-state index < -0.39 is 28.1 Å². The second kappa shape index (κ2) is 8.86. The van der Waals surface area contributed by atoms with E-state index in [1.165, 1.54) is 11.0 Å². The van der Waals surface area contributed by atoms with E-state index in [-0.39, 0.29) is 36.4 Å². The van der Waals surface area contributed by atoms with Crippen molar-refractivity contribution in [3.63, 3.8) is 0 Å². The lowest BCUT2D eigenvalue weighted by atomic mass is 9.98. The van der Waals surface area contributed by atoms with Crippen LogP contribution in [0.1, 0.15) is 17.0 Å². The molecule has 1 amide bonds. The van der Waals surface area contributed by atoms with Crippen molar-refractivity contribution in [2.24, 2.45) is 0 Å². The topological polar surface area (TPSA) is 104 Å². The number of piperazine rings is 1. The van der Waals surface area contributed by atoms with Crippen molar-refractivity contribution in [2.45, 2.75) is 16.2 Å². The highest BCUT2D eigenvalue weighted by Crippen LogP contribution is 2.44. The molecule has 0 bridgehead atoms. The number of carbonyl (C=O) groups is 2. The molecule has 1 aromatic heterocycles. The Morgan fingerprint density at radius 1 is 0.971 bits per heavy atom. The molecule has 0 unspecified atom stereocenters. The van der Waals surface area contributed by atoms with Crippen LogP contribution in [-0.4, -0.2) is 67.1 Å². The zero-order valence-corrected chi connectivity index (χ0v) is 19.7. The van der Waals surface area contributed by atoms with Crippen LogP contribution in [0.4, 0.5) is 4.79 Å². The number of sulfonamides is 1. The molecule has 0 spiro atoms. The first-order chi connectivity index (χ1) is 16.4. The minimum atomic E-state index is -3.96. The number of hydrogen-bond donors (Lipinski definition) is 1. The highest BCUT2D eigenvalue weighted by molar-refractivity contribution is 7.91. The molecule has 1 atom stereocenters. The number of aliphatic carboxylic acids is 1. The number of fused-ring (bicyclic) bond motifs is 3. The number of ether oxygens (including phenoxy) is 1. The second-order valence-electron chi connectivity index (χ2n) is 8.15. The van der Waals surface area contributed by atoms with Gasteiger partial charge in [0.2, 0.25) is 0 Å². The van der Waals surface area contributed by atoms with Crippen LogP contribution >= 0.6 is 11.3 Å². The van der Waals surface area contributed by atoms with E-state index in [1.54, 1.807) is 11.4 Å². The predicted molar refractivity (Wildman–Crippen MR) is 126 cm³/mol. The third-order valence-electron chi connectivity index (χ3n) is 6.27. The summed E-state index contributed by atoms with van der Waals surface area (Å²) in [5.41, 5.74) is 4.37. The van der Waals surface area contributed by atoms with Crippen molar-refractivity contribution < 1.29 is 27.9 Å². The lowest BCUT2D eigenvalue weighted by molar-refractivity contribution is -0.143. The number of thiophene rings is 1. The average Bonchev–Trinajstić information content (AvgIpc) is 3.50. The first kappa shape index (κ1) is 22.6. The van der Waals surface area contributed by atoms with E-state index in [0.717, 1.165) is 37.9 Å². The predicted octanol–water partition coefficient (Wildman–Crippen LogP) is 3.46. The summed E-state index contributed by atoms with van der Waals surface area (Å²) in [5, 5.41) is 11.3. The number of carbonyl (C=O) groups excluding carboxylic acids is 1. The average molecular weight is 499 g/mol. The maximum Gasteiger partial charge on any atom is 0.409 e. The molecule has 1 N–H and O–H groups in total. The van der Waals surface area contributed by atoms with E-state index in [4.69, 9.17) is 4.74 Å². The molecule has 1 fully saturated rings. The molecule has 1 aliphatic heterocycles. The smallest absolute Gasteiger partial charge is 0.409 e. The fourth-order valence-corrected chi connectivity index (χ4v) is 7.32. The Labute approximate surface area is 201 Å². The lowest BCUT2D eigenvalue weighted by Crippen LogP contribution is -2.59. The van der Waals surface area contributed by atoms with E-state index in [9.17, 15) is 23.1 Å². The van der Waals surface area contributed by atoms with Gasteiger partial charge < -0.3 is 14.7 Å². The van der Waals surface area contributed by atoms with Crippen molar-refractivity contribution in [3.05, 3.63) is 77.2 Å². The van der Waals surface area contributed by atoms with Gasteiger partial charge in [0.1, 0.15) is 16.9 Å². The Kier molecular flexibility index (Phi) is 5.88. The SMILES string of the molecule is O=C(O)[C@@H]1CN(C(=O)OCC2c3ccccc3-c3ccccc32)CCN1S(=O)(=O)c1cccs1. The largest absolute Gasteiger partial charge is 0.480 e. The number of carboxylic acid groups (broad SMARTS) is 1. The Morgan fingerprint density at radius 2 is 1.62 bits per heavy atom. The molecule has 8 nitrogen and oxygen atoms in total. The Balaban J connectivity index is 1.30. The molecule has 1 aliphatic carbocycles. The Bertz CT molecular complexity index is 1290. The summed E-state index contributed by atoms with van der Waals surface area (Å²) in [6.45, 7) is -0.249. The van der Waals surface area contributed by atoms with E-state index in [1.807, 2.05) is 48.5 Å². The molecule has 176 valence electrons. The van der Waals surface area contributed by atoms with Gasteiger partial charge in [0.15, 0.2) is 0 Å². The summed E-state index contributed by atoms with van der Waals surface area (Å²) in [7, 11) is -3.96. The summed E-state index contributed by atoms with van der Waals surface area (Å²) >= 11 is 1.03. The molecule has 10 heteroatoms. The fraction of sp³-hybridized carbons (Fsp3) is 0.250. The fourth-order valence-electron chi connectivity index (χ4n) is 4.63. The van der Waals surface area contributed by atoms with Crippen molar-refractivity contribution in [2.75, 3.05) is 26.2 Å². The van der Waals surface area contributed by atoms with Gasteiger partial charge in [-0.05, 0) is 33.7 Å². The third kappa shape index (κ3) is 3.87. The quantitative estimate of drug-likeness (QED) is 0.578. The highest BCUT2D eigenvalue weighted by atomic mass is 32.2. The molecule has 2 aliphatic rings. The van der Waals surface area contributed by atoms with E-state index in [0.29, 0.717) is 0 Å². The van der Waals surface area contributed by atoms with Crippen LogP contribution in [0.2, 0.25) is 0 Å². The van der Waals surface area contributed by atoms with Crippen LogP contribution in [-0.2, 0) is 19.6 Å². The van der Waals surface area contributed by atoms with Crippen molar-refractivity contribution >= 4 is 33.4 Å². The molecule has 2 aromatic carbocycles. The Morgan fingerprint density at radius 3 is 2.21 bits per heavy atom. The van der Waals surface area contributed by atoms with Gasteiger partial charge in [-0.2, -0.15) is 4.31 Å². The molecule has 0 saturated carbocycles. The minimum Gasteiger partial charge on any atom is -0.480 e. The summed E-state index contributed by atoms with van der Waals surface area (Å²) < 4.78 is 32.5. The van der Waals surface area contributed by atoms with Crippen LogP contribution in [0.5, 0.6) is 0 Å². The van der Waals surface area contributed by atoms with Crippen molar-refractivity contribution in [1.82, 2.24) is 9.21 Å². The standard InChI is InChI=1S/C24H22N2O6S2/c27-23(28)21-14-25(11-12-26(21)34(30,31)22-10-5-13-33-22)24(29)32-15-20-18-8-3-1-6-16(18)17-7-2-4-9-19(17)20/h1-10,13,20-21H,11-12,14-15H2,(H,27,28)/t21-/m0/s1. The highest BCUT2D eigenvalue weighted by Gasteiger charge is 2.42. The van der Waals surface area contributed by atoms with Gasteiger partial charge in [0.25, 0.3) is 10.0 Å². The van der Waals surface area contributed by atoms with Crippen molar-refractivity contribution in [1.29, 1.82) is 0 Å².